The maximum absolute atomic E-state index is 14.9. The monoisotopic (exact) mass is 871 g/mol. The predicted octanol–water partition coefficient (Wildman–Crippen LogP) is 5.93. The number of hydrogen-bond acceptors (Lipinski definition) is 6. The Hall–Kier alpha value is -6.05. The van der Waals surface area contributed by atoms with Gasteiger partial charge in [0.2, 0.25) is 11.8 Å². The van der Waals surface area contributed by atoms with Gasteiger partial charge in [-0.2, -0.15) is 0 Å². The third-order valence-corrected chi connectivity index (χ3v) is 13.1. The highest BCUT2D eigenvalue weighted by molar-refractivity contribution is 7.51. The molecule has 0 spiro atoms. The average Bonchev–Trinajstić information content (AvgIpc) is 3.63. The van der Waals surface area contributed by atoms with Crippen LogP contribution in [0.1, 0.15) is 51.9 Å². The molecule has 8 rings (SSSR count). The Morgan fingerprint density at radius 2 is 1.59 bits per heavy atom. The summed E-state index contributed by atoms with van der Waals surface area (Å²) < 4.78 is 13.6. The second kappa shape index (κ2) is 18.7. The van der Waals surface area contributed by atoms with Crippen molar-refractivity contribution in [1.29, 1.82) is 0 Å². The Morgan fingerprint density at radius 1 is 0.873 bits per heavy atom. The SMILES string of the molecule is C=CCN1CC(=O)N2[C@@H](Cc3ccc(CCP(=O)(O)O)cc3)C(=O)N(Cc3cccc4c(-c5ccc(C(=O)N6CCCCC6)cc5)cn(C)c34)C[C@@H]2N1C(=O)NCc1ccccc1. The van der Waals surface area contributed by atoms with Gasteiger partial charge >= 0.3 is 13.6 Å². The molecule has 3 fully saturated rings. The molecule has 4 aromatic carbocycles. The fourth-order valence-electron chi connectivity index (χ4n) is 9.23. The molecule has 1 aromatic heterocycles. The second-order valence-electron chi connectivity index (χ2n) is 16.7. The molecule has 3 N–H and O–H groups in total. The minimum Gasteiger partial charge on any atom is -0.350 e. The van der Waals surface area contributed by atoms with Gasteiger partial charge in [-0.3, -0.25) is 18.9 Å². The van der Waals surface area contributed by atoms with E-state index in [1.165, 1.54) is 0 Å². The first-order valence-corrected chi connectivity index (χ1v) is 23.3. The van der Waals surface area contributed by atoms with E-state index in [1.54, 1.807) is 38.0 Å². The third kappa shape index (κ3) is 9.64. The molecule has 0 bridgehead atoms. The van der Waals surface area contributed by atoms with Crippen LogP contribution in [0.5, 0.6) is 0 Å². The Bertz CT molecular complexity index is 2530. The molecule has 3 aliphatic rings. The molecule has 0 aliphatic carbocycles. The number of likely N-dealkylation sites (tertiary alicyclic amines) is 1. The van der Waals surface area contributed by atoms with Crippen LogP contribution >= 0.6 is 7.60 Å². The summed E-state index contributed by atoms with van der Waals surface area (Å²) in [5.41, 5.74) is 6.85. The standard InChI is InChI=1S/C48H54N7O7P/c1-3-24-53-33-44(56)54-42(28-35-17-15-34(16-18-35)23-27-63(60,61)62)47(58)52(32-43(54)55(53)48(59)49-29-36-11-6-4-7-12-36)30-39-13-10-14-40-41(31-50(2)45(39)40)37-19-21-38(22-20-37)46(57)51-25-8-5-9-26-51/h3-4,6-7,10-22,31,42-43H,1,5,8-9,23-30,32-33H2,2H3,(H,49,59)(H2,60,61,62)/t42-,43-/m0/s1. The van der Waals surface area contributed by atoms with Crippen LogP contribution in [0.4, 0.5) is 4.79 Å². The number of benzene rings is 4. The maximum atomic E-state index is 14.9. The smallest absolute Gasteiger partial charge is 0.334 e. The molecule has 3 saturated heterocycles. The maximum Gasteiger partial charge on any atom is 0.334 e. The normalized spacial score (nSPS) is 18.5. The highest BCUT2D eigenvalue weighted by Crippen LogP contribution is 2.36. The summed E-state index contributed by atoms with van der Waals surface area (Å²) in [6, 6.07) is 29.2. The minimum absolute atomic E-state index is 0.0506. The number of aromatic nitrogens is 1. The lowest BCUT2D eigenvalue weighted by molar-refractivity contribution is -0.189. The number of carbonyl (C=O) groups is 4. The van der Waals surface area contributed by atoms with Crippen molar-refractivity contribution in [2.24, 2.45) is 7.05 Å². The largest absolute Gasteiger partial charge is 0.350 e. The van der Waals surface area contributed by atoms with Gasteiger partial charge < -0.3 is 34.4 Å². The fraction of sp³-hybridized carbons (Fsp3) is 0.333. The van der Waals surface area contributed by atoms with Gasteiger partial charge in [0.25, 0.3) is 5.91 Å². The number of rotatable bonds is 13. The zero-order chi connectivity index (χ0) is 44.3. The van der Waals surface area contributed by atoms with E-state index in [0.717, 1.165) is 76.6 Å². The quantitative estimate of drug-likeness (QED) is 0.0971. The Morgan fingerprint density at radius 3 is 2.29 bits per heavy atom. The van der Waals surface area contributed by atoms with Gasteiger partial charge in [-0.05, 0) is 65.6 Å². The number of fused-ring (bicyclic) bond motifs is 2. The van der Waals surface area contributed by atoms with E-state index in [4.69, 9.17) is 0 Å². The molecule has 5 amide bonds. The van der Waals surface area contributed by atoms with E-state index < -0.39 is 25.8 Å². The number of hydrazine groups is 1. The molecule has 5 aromatic rings. The van der Waals surface area contributed by atoms with Crippen LogP contribution in [0.2, 0.25) is 0 Å². The Kier molecular flexibility index (Phi) is 13.0. The van der Waals surface area contributed by atoms with Crippen molar-refractivity contribution in [3.8, 4) is 11.1 Å². The van der Waals surface area contributed by atoms with Crippen LogP contribution in [0.25, 0.3) is 22.0 Å². The van der Waals surface area contributed by atoms with Gasteiger partial charge in [0.1, 0.15) is 12.2 Å². The number of para-hydroxylation sites is 1. The van der Waals surface area contributed by atoms with Gasteiger partial charge in [-0.1, -0.05) is 91.0 Å². The van der Waals surface area contributed by atoms with Crippen LogP contribution in [-0.4, -0.2) is 114 Å². The lowest BCUT2D eigenvalue weighted by Crippen LogP contribution is -2.76. The first-order valence-electron chi connectivity index (χ1n) is 21.5. The van der Waals surface area contributed by atoms with Crippen molar-refractivity contribution >= 4 is 42.3 Å². The van der Waals surface area contributed by atoms with Crippen molar-refractivity contribution < 1.29 is 33.5 Å². The number of urea groups is 1. The van der Waals surface area contributed by atoms with Crippen molar-refractivity contribution in [1.82, 2.24) is 34.6 Å². The van der Waals surface area contributed by atoms with Crippen LogP contribution in [0, 0.1) is 0 Å². The zero-order valence-electron chi connectivity index (χ0n) is 35.5. The van der Waals surface area contributed by atoms with Crippen LogP contribution in [-0.2, 0) is 47.1 Å². The number of carbonyl (C=O) groups excluding carboxylic acids is 4. The topological polar surface area (TPSA) is 159 Å². The number of nitrogens with zero attached hydrogens (tertiary/aromatic N) is 6. The number of hydrogen-bond donors (Lipinski definition) is 3. The molecule has 63 heavy (non-hydrogen) atoms. The first-order chi connectivity index (χ1) is 30.4. The van der Waals surface area contributed by atoms with Gasteiger partial charge in [0, 0.05) is 68.9 Å². The van der Waals surface area contributed by atoms with Crippen molar-refractivity contribution in [2.45, 2.75) is 57.4 Å². The Labute approximate surface area is 367 Å². The Balaban J connectivity index is 1.11. The van der Waals surface area contributed by atoms with Crippen molar-refractivity contribution in [2.75, 3.05) is 38.9 Å². The van der Waals surface area contributed by atoms with E-state index >= 15 is 0 Å². The lowest BCUT2D eigenvalue weighted by Gasteiger charge is -2.55. The van der Waals surface area contributed by atoms with E-state index in [9.17, 15) is 33.5 Å². The molecule has 14 nitrogen and oxygen atoms in total. The molecular formula is C48H54N7O7P. The fourth-order valence-corrected chi connectivity index (χ4v) is 9.78. The van der Waals surface area contributed by atoms with Gasteiger partial charge in [-0.15, -0.1) is 6.58 Å². The summed E-state index contributed by atoms with van der Waals surface area (Å²) in [5.74, 6) is -0.491. The van der Waals surface area contributed by atoms with Crippen LogP contribution in [0.3, 0.4) is 0 Å². The number of piperazine rings is 1. The second-order valence-corrected chi connectivity index (χ2v) is 18.5. The lowest BCUT2D eigenvalue weighted by atomic mass is 9.97. The first kappa shape index (κ1) is 43.6. The highest BCUT2D eigenvalue weighted by atomic mass is 31.2. The van der Waals surface area contributed by atoms with E-state index in [1.807, 2.05) is 90.8 Å². The summed E-state index contributed by atoms with van der Waals surface area (Å²) in [4.78, 5) is 80.8. The van der Waals surface area contributed by atoms with E-state index in [0.29, 0.717) is 5.56 Å². The molecule has 328 valence electrons. The third-order valence-electron chi connectivity index (χ3n) is 12.3. The summed E-state index contributed by atoms with van der Waals surface area (Å²) in [5, 5.41) is 7.26. The number of aryl methyl sites for hydroxylation is 2. The molecule has 4 heterocycles. The van der Waals surface area contributed by atoms with Gasteiger partial charge in [0.15, 0.2) is 0 Å². The van der Waals surface area contributed by atoms with E-state index in [-0.39, 0.29) is 69.4 Å². The summed E-state index contributed by atoms with van der Waals surface area (Å²) in [6.07, 6.45) is 6.13. The molecular weight excluding hydrogens is 818 g/mol. The molecule has 0 unspecified atom stereocenters. The molecule has 15 heteroatoms. The molecule has 3 aliphatic heterocycles. The summed E-state index contributed by atoms with van der Waals surface area (Å²) >= 11 is 0. The summed E-state index contributed by atoms with van der Waals surface area (Å²) in [6.45, 7) is 6.07. The summed E-state index contributed by atoms with van der Waals surface area (Å²) in [7, 11) is -2.21. The molecule has 2 atom stereocenters. The van der Waals surface area contributed by atoms with Crippen molar-refractivity contribution in [3.63, 3.8) is 0 Å². The highest BCUT2D eigenvalue weighted by Gasteiger charge is 2.51. The zero-order valence-corrected chi connectivity index (χ0v) is 36.4. The van der Waals surface area contributed by atoms with Gasteiger partial charge in [-0.25, -0.2) is 14.8 Å². The number of nitrogens with one attached hydrogen (secondary N) is 1. The number of amides is 5. The van der Waals surface area contributed by atoms with Gasteiger partial charge in [0.05, 0.1) is 24.8 Å². The van der Waals surface area contributed by atoms with Crippen LogP contribution in [0.15, 0.2) is 116 Å². The number of piperidine rings is 1. The average molecular weight is 872 g/mol. The molecule has 0 saturated carbocycles. The predicted molar refractivity (Wildman–Crippen MR) is 241 cm³/mol. The van der Waals surface area contributed by atoms with E-state index in [2.05, 4.69) is 28.7 Å². The van der Waals surface area contributed by atoms with Crippen LogP contribution < -0.4 is 5.32 Å². The molecule has 0 radical (unpaired) electrons. The van der Waals surface area contributed by atoms with Crippen molar-refractivity contribution in [3.05, 3.63) is 144 Å². The minimum atomic E-state index is -4.19.